The largest absolute Gasteiger partial charge is 0.486 e. The summed E-state index contributed by atoms with van der Waals surface area (Å²) in [5.74, 6) is 1.40. The van der Waals surface area contributed by atoms with Crippen molar-refractivity contribution in [3.05, 3.63) is 145 Å². The van der Waals surface area contributed by atoms with E-state index in [1.54, 1.807) is 0 Å². The Kier molecular flexibility index (Phi) is 11.0. The van der Waals surface area contributed by atoms with E-state index in [0.717, 1.165) is 66.9 Å². The molecule has 0 bridgehead atoms. The third-order valence-corrected chi connectivity index (χ3v) is 12.4. The Balaban J connectivity index is 0.000000205. The van der Waals surface area contributed by atoms with E-state index in [1.165, 1.54) is 21.5 Å². The van der Waals surface area contributed by atoms with Gasteiger partial charge >= 0.3 is 0 Å². The summed E-state index contributed by atoms with van der Waals surface area (Å²) in [6, 6.07) is 46.4. The van der Waals surface area contributed by atoms with Gasteiger partial charge in [-0.3, -0.25) is 4.98 Å². The van der Waals surface area contributed by atoms with Crippen LogP contribution in [-0.2, 0) is 20.1 Å². The molecule has 5 nitrogen and oxygen atoms in total. The Morgan fingerprint density at radius 1 is 0.750 bits per heavy atom. The summed E-state index contributed by atoms with van der Waals surface area (Å²) in [6.45, 7) is 18.2. The van der Waals surface area contributed by atoms with Crippen LogP contribution in [0.5, 0.6) is 0 Å². The van der Waals surface area contributed by atoms with E-state index in [9.17, 15) is 0 Å². The number of aryl methyl sites for hydroxylation is 1. The summed E-state index contributed by atoms with van der Waals surface area (Å²) >= 11 is 0. The summed E-state index contributed by atoms with van der Waals surface area (Å²) < 4.78 is 8.82. The van der Waals surface area contributed by atoms with Crippen molar-refractivity contribution in [2.24, 2.45) is 0 Å². The van der Waals surface area contributed by atoms with Crippen LogP contribution in [0.3, 0.4) is 0 Å². The molecule has 5 aromatic carbocycles. The van der Waals surface area contributed by atoms with Gasteiger partial charge in [0.1, 0.15) is 0 Å². The molecule has 0 N–H and O–H groups in total. The quantitative estimate of drug-likeness (QED) is 0.123. The Labute approximate surface area is 344 Å². The molecule has 0 aliphatic carbocycles. The number of hydrogen-bond donors (Lipinski definition) is 0. The van der Waals surface area contributed by atoms with Crippen LogP contribution >= 0.6 is 0 Å². The van der Waals surface area contributed by atoms with E-state index in [2.05, 4.69) is 155 Å². The van der Waals surface area contributed by atoms with Gasteiger partial charge in [0.15, 0.2) is 0 Å². The van der Waals surface area contributed by atoms with Gasteiger partial charge in [0.05, 0.1) is 36.2 Å². The van der Waals surface area contributed by atoms with Crippen LogP contribution in [0.1, 0.15) is 50.8 Å². The zero-order valence-electron chi connectivity index (χ0n) is 33.2. The van der Waals surface area contributed by atoms with E-state index in [-0.39, 0.29) is 26.1 Å². The molecule has 9 aromatic rings. The molecule has 0 spiro atoms. The van der Waals surface area contributed by atoms with Gasteiger partial charge in [0, 0.05) is 48.7 Å². The topological polar surface area (TPSA) is 56.7 Å². The molecular weight excluding hydrogens is 881 g/mol. The van der Waals surface area contributed by atoms with Crippen LogP contribution < -0.4 is 5.19 Å². The fourth-order valence-electron chi connectivity index (χ4n) is 7.62. The second-order valence-corrected chi connectivity index (χ2v) is 21.0. The van der Waals surface area contributed by atoms with Crippen molar-refractivity contribution < 1.29 is 24.5 Å². The second kappa shape index (κ2) is 15.7. The van der Waals surface area contributed by atoms with E-state index in [0.29, 0.717) is 11.6 Å². The first-order valence-electron chi connectivity index (χ1n) is 19.2. The minimum absolute atomic E-state index is 0. The molecule has 0 saturated heterocycles. The molecule has 0 aliphatic rings. The normalized spacial score (nSPS) is 11.8. The maximum absolute atomic E-state index is 6.50. The average Bonchev–Trinajstić information content (AvgIpc) is 3.78. The molecule has 56 heavy (non-hydrogen) atoms. The first-order valence-corrected chi connectivity index (χ1v) is 22.7. The van der Waals surface area contributed by atoms with Crippen LogP contribution in [0.2, 0.25) is 19.6 Å². The maximum atomic E-state index is 6.50. The van der Waals surface area contributed by atoms with E-state index >= 15 is 0 Å². The fraction of sp³-hybridized carbons (Fsp3) is 0.204. The van der Waals surface area contributed by atoms with Crippen molar-refractivity contribution in [2.45, 2.75) is 66.2 Å². The fourth-order valence-corrected chi connectivity index (χ4v) is 9.29. The number of furan rings is 1. The number of hydrogen-bond acceptors (Lipinski definition) is 4. The molecule has 0 atom stereocenters. The number of nitrogens with zero attached hydrogens (tertiary/aromatic N) is 4. The summed E-state index contributed by atoms with van der Waals surface area (Å²) in [5, 5.41) is 5.96. The molecule has 0 unspecified atom stereocenters. The number of rotatable bonds is 6. The van der Waals surface area contributed by atoms with Gasteiger partial charge in [0.2, 0.25) is 5.71 Å². The number of aromatic nitrogens is 4. The SMILES string of the molecule is CC(C)c1cc(-c2[c-]cccc2)ncc1[Si](C)(C)C.Cc1c[c-]c(-c2nc3ccc4ccccc4c3n2C(C)C)c2oc3nc(-c4ccccc4)ccc3c12.[Ir]. The Morgan fingerprint density at radius 3 is 2.21 bits per heavy atom. The average molecular weight is 927 g/mol. The monoisotopic (exact) mass is 927 g/mol. The van der Waals surface area contributed by atoms with E-state index in [1.807, 2.05) is 42.5 Å². The molecule has 4 aromatic heterocycles. The summed E-state index contributed by atoms with van der Waals surface area (Å²) in [5.41, 5.74) is 11.0. The Hall–Kier alpha value is -5.20. The molecule has 0 saturated carbocycles. The third-order valence-electron chi connectivity index (χ3n) is 10.3. The van der Waals surface area contributed by atoms with Gasteiger partial charge in [-0.2, -0.15) is 0 Å². The van der Waals surface area contributed by atoms with Crippen molar-refractivity contribution in [2.75, 3.05) is 0 Å². The Morgan fingerprint density at radius 2 is 1.50 bits per heavy atom. The van der Waals surface area contributed by atoms with Crippen LogP contribution in [0.4, 0.5) is 0 Å². The summed E-state index contributed by atoms with van der Waals surface area (Å²) in [4.78, 5) is 14.7. The zero-order valence-corrected chi connectivity index (χ0v) is 36.6. The molecule has 7 heteroatoms. The predicted molar refractivity (Wildman–Crippen MR) is 233 cm³/mol. The minimum Gasteiger partial charge on any atom is -0.486 e. The van der Waals surface area contributed by atoms with Crippen molar-refractivity contribution in [3.8, 4) is 33.9 Å². The van der Waals surface area contributed by atoms with Gasteiger partial charge in [0.25, 0.3) is 0 Å². The van der Waals surface area contributed by atoms with Crippen LogP contribution in [0.25, 0.3) is 77.8 Å². The molecular formula is C49H46IrN4OSi-2. The third kappa shape index (κ3) is 7.27. The van der Waals surface area contributed by atoms with E-state index < -0.39 is 8.07 Å². The molecule has 283 valence electrons. The van der Waals surface area contributed by atoms with Crippen molar-refractivity contribution in [3.63, 3.8) is 0 Å². The smallest absolute Gasteiger partial charge is 0.216 e. The summed E-state index contributed by atoms with van der Waals surface area (Å²) in [7, 11) is -1.34. The number of fused-ring (bicyclic) bond motifs is 6. The van der Waals surface area contributed by atoms with Gasteiger partial charge < -0.3 is 14.0 Å². The molecule has 1 radical (unpaired) electrons. The molecule has 4 heterocycles. The minimum atomic E-state index is -1.34. The molecule has 0 fully saturated rings. The van der Waals surface area contributed by atoms with Crippen molar-refractivity contribution in [1.82, 2.24) is 19.5 Å². The standard InChI is InChI=1S/C32H24N3O.C17H22NSi.Ir/c1-19(2)35-29-23-12-8-7-9-21(23)14-17-27(29)33-31(35)25-15-13-20(3)28-24-16-18-26(22-10-5-4-6-11-22)34-32(24)36-30(25)28;1-13(2)15-11-16(14-9-7-6-8-10-14)18-12-17(15)19(3,4)5;/h4-14,16-19H,1-3H3;6-9,11-13H,1-5H3;/q2*-1;. The molecule has 9 rings (SSSR count). The number of imidazole rings is 1. The maximum Gasteiger partial charge on any atom is 0.216 e. The van der Waals surface area contributed by atoms with Gasteiger partial charge in [-0.05, 0) is 54.2 Å². The number of pyridine rings is 2. The Bertz CT molecular complexity index is 2820. The molecule has 0 aliphatic heterocycles. The zero-order chi connectivity index (χ0) is 38.4. The first kappa shape index (κ1) is 39.0. The predicted octanol–water partition coefficient (Wildman–Crippen LogP) is 12.7. The first-order chi connectivity index (χ1) is 26.5. The second-order valence-electron chi connectivity index (χ2n) is 16.0. The number of benzene rings is 5. The van der Waals surface area contributed by atoms with Crippen molar-refractivity contribution >= 4 is 57.1 Å². The summed E-state index contributed by atoms with van der Waals surface area (Å²) in [6.07, 6.45) is 2.09. The van der Waals surface area contributed by atoms with E-state index in [4.69, 9.17) is 14.4 Å². The van der Waals surface area contributed by atoms with Crippen LogP contribution in [0.15, 0.2) is 126 Å². The van der Waals surface area contributed by atoms with Gasteiger partial charge in [-0.25, -0.2) is 4.98 Å². The van der Waals surface area contributed by atoms with Crippen LogP contribution in [0, 0.1) is 19.1 Å². The molecule has 0 amide bonds. The van der Waals surface area contributed by atoms with Gasteiger partial charge in [-0.1, -0.05) is 124 Å². The van der Waals surface area contributed by atoms with Crippen molar-refractivity contribution in [1.29, 1.82) is 0 Å². The van der Waals surface area contributed by atoms with Crippen LogP contribution in [-0.4, -0.2) is 27.6 Å². The van der Waals surface area contributed by atoms with Gasteiger partial charge in [-0.15, -0.1) is 53.6 Å².